The van der Waals surface area contributed by atoms with Gasteiger partial charge in [-0.25, -0.2) is 24.3 Å². The summed E-state index contributed by atoms with van der Waals surface area (Å²) in [6.45, 7) is 0. The fraction of sp³-hybridized carbons (Fsp3) is 0.100. The summed E-state index contributed by atoms with van der Waals surface area (Å²) < 4.78 is 5.74. The second kappa shape index (κ2) is 9.19. The number of hydrogen-bond acceptors (Lipinski definition) is 8. The molecule has 11 nitrogen and oxygen atoms in total. The van der Waals surface area contributed by atoms with Gasteiger partial charge < -0.3 is 5.73 Å². The summed E-state index contributed by atoms with van der Waals surface area (Å²) in [5.41, 5.74) is 13.5. The molecule has 198 valence electrons. The van der Waals surface area contributed by atoms with Crippen LogP contribution in [0.3, 0.4) is 0 Å². The van der Waals surface area contributed by atoms with Gasteiger partial charge in [-0.1, -0.05) is 17.3 Å². The van der Waals surface area contributed by atoms with Crippen LogP contribution in [0, 0.1) is 0 Å². The fourth-order valence-corrected chi connectivity index (χ4v) is 5.57. The molecule has 0 fully saturated rings. The molecule has 7 aromatic rings. The van der Waals surface area contributed by atoms with E-state index in [-0.39, 0.29) is 6.04 Å². The van der Waals surface area contributed by atoms with Crippen LogP contribution in [0.4, 0.5) is 5.82 Å². The van der Waals surface area contributed by atoms with Gasteiger partial charge in [-0.05, 0) is 78.6 Å². The SMILES string of the molecule is Nc1ncccc1-c1nc2ccc(-n3cccn3)nc2n1-c1ccc2c(c1)CC[C@@H]2n1cc(-c2ccccn2)nn1. The van der Waals surface area contributed by atoms with Crippen molar-refractivity contribution in [2.24, 2.45) is 0 Å². The lowest BCUT2D eigenvalue weighted by atomic mass is 10.1. The van der Waals surface area contributed by atoms with Gasteiger partial charge in [0.2, 0.25) is 0 Å². The molecule has 11 heteroatoms. The number of fused-ring (bicyclic) bond motifs is 2. The van der Waals surface area contributed by atoms with Crippen molar-refractivity contribution in [3.05, 3.63) is 109 Å². The van der Waals surface area contributed by atoms with Gasteiger partial charge in [0.15, 0.2) is 17.3 Å². The number of imidazole rings is 1. The van der Waals surface area contributed by atoms with Crippen LogP contribution < -0.4 is 5.73 Å². The summed E-state index contributed by atoms with van der Waals surface area (Å²) in [5, 5.41) is 13.2. The van der Waals surface area contributed by atoms with Gasteiger partial charge in [0.1, 0.15) is 17.0 Å². The Hall–Kier alpha value is -5.71. The zero-order valence-corrected chi connectivity index (χ0v) is 21.8. The molecule has 1 aliphatic carbocycles. The molecule has 0 radical (unpaired) electrons. The number of hydrogen-bond donors (Lipinski definition) is 1. The van der Waals surface area contributed by atoms with E-state index in [0.717, 1.165) is 41.0 Å². The van der Waals surface area contributed by atoms with Crippen molar-refractivity contribution < 1.29 is 0 Å². The smallest absolute Gasteiger partial charge is 0.167 e. The highest BCUT2D eigenvalue weighted by molar-refractivity contribution is 5.83. The summed E-state index contributed by atoms with van der Waals surface area (Å²) in [6, 6.07) is 21.9. The Kier molecular flexibility index (Phi) is 5.20. The molecule has 0 saturated heterocycles. The van der Waals surface area contributed by atoms with Crippen LogP contribution in [-0.2, 0) is 6.42 Å². The first-order chi connectivity index (χ1) is 20.2. The molecule has 0 unspecified atom stereocenters. The second-order valence-corrected chi connectivity index (χ2v) is 9.91. The quantitative estimate of drug-likeness (QED) is 0.341. The zero-order valence-electron chi connectivity index (χ0n) is 21.8. The maximum atomic E-state index is 6.33. The highest BCUT2D eigenvalue weighted by Crippen LogP contribution is 2.37. The van der Waals surface area contributed by atoms with Crippen LogP contribution in [-0.4, -0.2) is 49.3 Å². The molecule has 6 aromatic heterocycles. The van der Waals surface area contributed by atoms with E-state index in [1.54, 1.807) is 23.3 Å². The highest BCUT2D eigenvalue weighted by atomic mass is 15.4. The van der Waals surface area contributed by atoms with Crippen LogP contribution in [0.15, 0.2) is 97.7 Å². The minimum Gasteiger partial charge on any atom is -0.383 e. The first kappa shape index (κ1) is 23.2. The minimum absolute atomic E-state index is 0.0986. The Bertz CT molecular complexity index is 2020. The van der Waals surface area contributed by atoms with E-state index in [2.05, 4.69) is 48.1 Å². The van der Waals surface area contributed by atoms with Gasteiger partial charge >= 0.3 is 0 Å². The van der Waals surface area contributed by atoms with Gasteiger partial charge in [0.05, 0.1) is 23.5 Å². The fourth-order valence-electron chi connectivity index (χ4n) is 5.57. The summed E-state index contributed by atoms with van der Waals surface area (Å²) >= 11 is 0. The van der Waals surface area contributed by atoms with E-state index in [9.17, 15) is 0 Å². The van der Waals surface area contributed by atoms with Crippen molar-refractivity contribution in [2.45, 2.75) is 18.9 Å². The molecule has 8 rings (SSSR count). The Morgan fingerprint density at radius 2 is 1.80 bits per heavy atom. The average Bonchev–Trinajstić information content (AvgIpc) is 3.82. The Labute approximate surface area is 234 Å². The number of nitrogens with two attached hydrogens (primary N) is 1. The summed E-state index contributed by atoms with van der Waals surface area (Å²) in [7, 11) is 0. The van der Waals surface area contributed by atoms with Crippen LogP contribution >= 0.6 is 0 Å². The molecule has 0 aliphatic heterocycles. The molecule has 0 amide bonds. The number of anilines is 1. The van der Waals surface area contributed by atoms with E-state index in [4.69, 9.17) is 15.7 Å². The van der Waals surface area contributed by atoms with Gasteiger partial charge in [0.25, 0.3) is 0 Å². The number of aromatic nitrogens is 10. The first-order valence-electron chi connectivity index (χ1n) is 13.3. The lowest BCUT2D eigenvalue weighted by molar-refractivity contribution is 0.504. The number of aryl methyl sites for hydroxylation is 1. The summed E-state index contributed by atoms with van der Waals surface area (Å²) in [6.07, 6.45) is 10.9. The van der Waals surface area contributed by atoms with E-state index >= 15 is 0 Å². The normalized spacial score (nSPS) is 14.5. The summed E-state index contributed by atoms with van der Waals surface area (Å²) in [5.74, 6) is 1.79. The number of nitrogens with zero attached hydrogens (tertiary/aromatic N) is 10. The third-order valence-electron chi connectivity index (χ3n) is 7.50. The summed E-state index contributed by atoms with van der Waals surface area (Å²) in [4.78, 5) is 18.6. The van der Waals surface area contributed by atoms with Gasteiger partial charge in [0, 0.05) is 30.5 Å². The molecule has 41 heavy (non-hydrogen) atoms. The van der Waals surface area contributed by atoms with Gasteiger partial charge in [-0.3, -0.25) is 9.55 Å². The van der Waals surface area contributed by atoms with Crippen LogP contribution in [0.25, 0.3) is 45.4 Å². The Balaban J connectivity index is 1.24. The lowest BCUT2D eigenvalue weighted by Gasteiger charge is -2.14. The van der Waals surface area contributed by atoms with E-state index in [1.165, 1.54) is 11.1 Å². The zero-order chi connectivity index (χ0) is 27.3. The number of rotatable bonds is 5. The van der Waals surface area contributed by atoms with E-state index < -0.39 is 0 Å². The number of benzene rings is 1. The lowest BCUT2D eigenvalue weighted by Crippen LogP contribution is -2.08. The van der Waals surface area contributed by atoms with Crippen molar-refractivity contribution in [3.63, 3.8) is 0 Å². The molecule has 0 bridgehead atoms. The molecule has 0 saturated carbocycles. The maximum absolute atomic E-state index is 6.33. The van der Waals surface area contributed by atoms with E-state index in [1.807, 2.05) is 65.6 Å². The molecular weight excluding hydrogens is 514 g/mol. The molecule has 2 N–H and O–H groups in total. The molecule has 1 aromatic carbocycles. The van der Waals surface area contributed by atoms with E-state index in [0.29, 0.717) is 23.1 Å². The van der Waals surface area contributed by atoms with Crippen molar-refractivity contribution >= 4 is 17.0 Å². The van der Waals surface area contributed by atoms with Crippen LogP contribution in [0.1, 0.15) is 23.6 Å². The van der Waals surface area contributed by atoms with Crippen LogP contribution in [0.2, 0.25) is 0 Å². The molecule has 6 heterocycles. The van der Waals surface area contributed by atoms with Crippen LogP contribution in [0.5, 0.6) is 0 Å². The average molecular weight is 538 g/mol. The largest absolute Gasteiger partial charge is 0.383 e. The highest BCUT2D eigenvalue weighted by Gasteiger charge is 2.27. The molecular formula is C30H23N11. The van der Waals surface area contributed by atoms with Crippen molar-refractivity contribution in [1.29, 1.82) is 0 Å². The second-order valence-electron chi connectivity index (χ2n) is 9.91. The maximum Gasteiger partial charge on any atom is 0.167 e. The topological polar surface area (TPSA) is 131 Å². The van der Waals surface area contributed by atoms with Crippen molar-refractivity contribution in [3.8, 4) is 34.3 Å². The van der Waals surface area contributed by atoms with Gasteiger partial charge in [-0.2, -0.15) is 5.10 Å². The Morgan fingerprint density at radius 3 is 2.66 bits per heavy atom. The standard InChI is InChI=1S/C30H23N11/c31-28-22(5-3-14-33-28)29-35-24-10-12-27(39-16-4-15-34-39)36-30(24)41(29)20-8-9-21-19(17-20)7-11-26(21)40-18-25(37-38-40)23-6-1-2-13-32-23/h1-6,8-10,12-18,26H,7,11H2,(H2,31,33)/t26-/m0/s1. The third-order valence-corrected chi connectivity index (χ3v) is 7.50. The number of nitrogen functional groups attached to an aromatic ring is 1. The number of pyridine rings is 3. The minimum atomic E-state index is 0.0986. The monoisotopic (exact) mass is 537 g/mol. The molecule has 0 spiro atoms. The Morgan fingerprint density at radius 1 is 0.854 bits per heavy atom. The predicted molar refractivity (Wildman–Crippen MR) is 153 cm³/mol. The van der Waals surface area contributed by atoms with Crippen molar-refractivity contribution in [1.82, 2.24) is 49.3 Å². The van der Waals surface area contributed by atoms with Crippen molar-refractivity contribution in [2.75, 3.05) is 5.73 Å². The molecule has 1 atom stereocenters. The van der Waals surface area contributed by atoms with Gasteiger partial charge in [-0.15, -0.1) is 5.10 Å². The molecule has 1 aliphatic rings. The predicted octanol–water partition coefficient (Wildman–Crippen LogP) is 4.44. The first-order valence-corrected chi connectivity index (χ1v) is 13.3. The third kappa shape index (κ3) is 3.86.